The fraction of sp³-hybridized carbons (Fsp3) is 0.600. The predicted octanol–water partition coefficient (Wildman–Crippen LogP) is 0.565. The van der Waals surface area contributed by atoms with Gasteiger partial charge in [0.05, 0.1) is 7.11 Å². The minimum absolute atomic E-state index is 0.0950. The molecule has 1 N–H and O–H groups in total. The number of alkyl carbamates (subject to hydrolysis) is 1. The normalized spacial score (nSPS) is 9.00. The molecule has 8 heavy (non-hydrogen) atoms. The van der Waals surface area contributed by atoms with E-state index in [0.29, 0.717) is 0 Å². The van der Waals surface area contributed by atoms with Crippen LogP contribution in [0.4, 0.5) is 4.79 Å². The Balaban J connectivity index is 3.25. The average Bonchev–Trinajstić information content (AvgIpc) is 1.65. The lowest BCUT2D eigenvalue weighted by atomic mass is 10.4. The Morgan fingerprint density at radius 1 is 1.88 bits per heavy atom. The first-order valence-corrected chi connectivity index (χ1v) is 2.34. The summed E-state index contributed by atoms with van der Waals surface area (Å²) in [4.78, 5) is 10.2. The lowest BCUT2D eigenvalue weighted by Crippen LogP contribution is -2.29. The monoisotopic (exact) mass is 116 g/mol. The Morgan fingerprint density at radius 2 is 2.38 bits per heavy atom. The summed E-state index contributed by atoms with van der Waals surface area (Å²) in [5, 5.41) is 2.42. The third-order valence-electron chi connectivity index (χ3n) is 0.550. The van der Waals surface area contributed by atoms with Gasteiger partial charge >= 0.3 is 6.09 Å². The highest BCUT2D eigenvalue weighted by Gasteiger charge is 1.98. The van der Waals surface area contributed by atoms with E-state index < -0.39 is 6.09 Å². The maximum atomic E-state index is 10.2. The van der Waals surface area contributed by atoms with E-state index in [1.165, 1.54) is 7.11 Å². The first-order valence-electron chi connectivity index (χ1n) is 2.34. The van der Waals surface area contributed by atoms with Gasteiger partial charge < -0.3 is 10.1 Å². The highest BCUT2D eigenvalue weighted by atomic mass is 16.5. The van der Waals surface area contributed by atoms with Crippen LogP contribution in [0.3, 0.4) is 0 Å². The van der Waals surface area contributed by atoms with Crippen molar-refractivity contribution >= 4 is 6.09 Å². The summed E-state index contributed by atoms with van der Waals surface area (Å²) in [5.41, 5.74) is 0. The van der Waals surface area contributed by atoms with Gasteiger partial charge in [-0.25, -0.2) is 4.79 Å². The van der Waals surface area contributed by atoms with E-state index >= 15 is 0 Å². The summed E-state index contributed by atoms with van der Waals surface area (Å²) < 4.78 is 4.27. The molecule has 0 aliphatic rings. The number of carbonyl (C=O) groups excluding carboxylic acids is 1. The second-order valence-corrected chi connectivity index (χ2v) is 1.54. The summed E-state index contributed by atoms with van der Waals surface area (Å²) in [5.74, 6) is 0. The van der Waals surface area contributed by atoms with Crippen LogP contribution in [0.2, 0.25) is 0 Å². The van der Waals surface area contributed by atoms with Gasteiger partial charge in [0.1, 0.15) is 0 Å². The lowest BCUT2D eigenvalue weighted by Gasteiger charge is -2.04. The SMILES string of the molecule is [CH2][C@@H](C)NC(=O)OC. The quantitative estimate of drug-likeness (QED) is 0.543. The Morgan fingerprint density at radius 3 is 2.50 bits per heavy atom. The molecule has 0 bridgehead atoms. The van der Waals surface area contributed by atoms with Crippen LogP contribution in [-0.2, 0) is 4.74 Å². The number of rotatable bonds is 1. The summed E-state index contributed by atoms with van der Waals surface area (Å²) >= 11 is 0. The number of nitrogens with one attached hydrogen (secondary N) is 1. The second-order valence-electron chi connectivity index (χ2n) is 1.54. The van der Waals surface area contributed by atoms with Crippen molar-refractivity contribution in [2.45, 2.75) is 13.0 Å². The molecule has 3 heteroatoms. The minimum atomic E-state index is -0.438. The number of carbonyl (C=O) groups is 1. The van der Waals surface area contributed by atoms with Crippen molar-refractivity contribution in [1.29, 1.82) is 0 Å². The second kappa shape index (κ2) is 3.29. The molecule has 0 rings (SSSR count). The van der Waals surface area contributed by atoms with Gasteiger partial charge in [0.25, 0.3) is 0 Å². The summed E-state index contributed by atoms with van der Waals surface area (Å²) in [6.45, 7) is 5.28. The van der Waals surface area contributed by atoms with E-state index in [4.69, 9.17) is 0 Å². The van der Waals surface area contributed by atoms with E-state index in [9.17, 15) is 4.79 Å². The van der Waals surface area contributed by atoms with Crippen molar-refractivity contribution in [3.05, 3.63) is 6.92 Å². The molecule has 1 amide bonds. The van der Waals surface area contributed by atoms with Crippen molar-refractivity contribution in [2.24, 2.45) is 0 Å². The molecule has 0 heterocycles. The summed E-state index contributed by atoms with van der Waals surface area (Å²) in [6, 6.07) is -0.0950. The van der Waals surface area contributed by atoms with Crippen LogP contribution in [0, 0.1) is 6.92 Å². The first-order chi connectivity index (χ1) is 3.66. The van der Waals surface area contributed by atoms with Gasteiger partial charge in [-0.1, -0.05) is 0 Å². The van der Waals surface area contributed by atoms with E-state index in [-0.39, 0.29) is 6.04 Å². The Labute approximate surface area is 49.0 Å². The number of methoxy groups -OCH3 is 1. The zero-order valence-electron chi connectivity index (χ0n) is 5.10. The van der Waals surface area contributed by atoms with Gasteiger partial charge in [0, 0.05) is 6.04 Å². The summed E-state index contributed by atoms with van der Waals surface area (Å²) in [6.07, 6.45) is -0.438. The summed E-state index contributed by atoms with van der Waals surface area (Å²) in [7, 11) is 1.32. The molecular formula is C5H10NO2. The van der Waals surface area contributed by atoms with Gasteiger partial charge in [-0.15, -0.1) is 0 Å². The molecule has 0 aromatic rings. The number of amides is 1. The third kappa shape index (κ3) is 3.46. The molecule has 0 spiro atoms. The van der Waals surface area contributed by atoms with E-state index in [1.54, 1.807) is 6.92 Å². The Hall–Kier alpha value is -0.730. The lowest BCUT2D eigenvalue weighted by molar-refractivity contribution is 0.169. The third-order valence-corrected chi connectivity index (χ3v) is 0.550. The van der Waals surface area contributed by atoms with Crippen molar-refractivity contribution < 1.29 is 9.53 Å². The Kier molecular flexibility index (Phi) is 2.99. The standard InChI is InChI=1S/C5H10NO2/c1-4(2)6-5(7)8-3/h4H,1H2,2-3H3,(H,6,7)/t4-/m0/s1. The zero-order valence-corrected chi connectivity index (χ0v) is 5.10. The predicted molar refractivity (Wildman–Crippen MR) is 30.4 cm³/mol. The highest BCUT2D eigenvalue weighted by Crippen LogP contribution is 1.76. The van der Waals surface area contributed by atoms with Crippen LogP contribution in [-0.4, -0.2) is 19.2 Å². The molecule has 3 nitrogen and oxygen atoms in total. The Bertz CT molecular complexity index is 80.5. The molecule has 0 unspecified atom stereocenters. The average molecular weight is 116 g/mol. The fourth-order valence-electron chi connectivity index (χ4n) is 0.260. The van der Waals surface area contributed by atoms with Crippen LogP contribution in [0.5, 0.6) is 0 Å². The van der Waals surface area contributed by atoms with E-state index in [0.717, 1.165) is 0 Å². The molecule has 0 saturated heterocycles. The van der Waals surface area contributed by atoms with Crippen LogP contribution in [0.25, 0.3) is 0 Å². The molecule has 0 aliphatic heterocycles. The molecular weight excluding hydrogens is 106 g/mol. The van der Waals surface area contributed by atoms with Crippen LogP contribution >= 0.6 is 0 Å². The van der Waals surface area contributed by atoms with Crippen LogP contribution in [0.15, 0.2) is 0 Å². The van der Waals surface area contributed by atoms with E-state index in [1.807, 2.05) is 0 Å². The maximum absolute atomic E-state index is 10.2. The van der Waals surface area contributed by atoms with E-state index in [2.05, 4.69) is 17.0 Å². The van der Waals surface area contributed by atoms with Crippen molar-refractivity contribution in [2.75, 3.05) is 7.11 Å². The first kappa shape index (κ1) is 7.27. The molecule has 1 radical (unpaired) electrons. The van der Waals surface area contributed by atoms with Gasteiger partial charge in [0.2, 0.25) is 0 Å². The number of hydrogen-bond acceptors (Lipinski definition) is 2. The smallest absolute Gasteiger partial charge is 0.407 e. The van der Waals surface area contributed by atoms with Crippen LogP contribution in [0.1, 0.15) is 6.92 Å². The molecule has 0 aromatic carbocycles. The highest BCUT2D eigenvalue weighted by molar-refractivity contribution is 5.67. The molecule has 0 saturated carbocycles. The van der Waals surface area contributed by atoms with Gasteiger partial charge in [-0.2, -0.15) is 0 Å². The zero-order chi connectivity index (χ0) is 6.57. The van der Waals surface area contributed by atoms with Crippen molar-refractivity contribution in [3.8, 4) is 0 Å². The largest absolute Gasteiger partial charge is 0.453 e. The molecule has 0 aliphatic carbocycles. The molecule has 0 fully saturated rings. The maximum Gasteiger partial charge on any atom is 0.407 e. The fourth-order valence-corrected chi connectivity index (χ4v) is 0.260. The number of hydrogen-bond donors (Lipinski definition) is 1. The van der Waals surface area contributed by atoms with Crippen molar-refractivity contribution in [3.63, 3.8) is 0 Å². The van der Waals surface area contributed by atoms with Gasteiger partial charge in [-0.3, -0.25) is 0 Å². The topological polar surface area (TPSA) is 38.3 Å². The van der Waals surface area contributed by atoms with Crippen LogP contribution < -0.4 is 5.32 Å². The molecule has 1 atom stereocenters. The number of ether oxygens (including phenoxy) is 1. The molecule has 47 valence electrons. The van der Waals surface area contributed by atoms with Gasteiger partial charge in [0.15, 0.2) is 0 Å². The molecule has 0 aromatic heterocycles. The van der Waals surface area contributed by atoms with Gasteiger partial charge in [-0.05, 0) is 13.8 Å². The minimum Gasteiger partial charge on any atom is -0.453 e. The van der Waals surface area contributed by atoms with Crippen molar-refractivity contribution in [1.82, 2.24) is 5.32 Å².